The SMILES string of the molecule is CCCC1(C(=O)O)CCCN1S(=O)(=O)N(C)C(C)C. The summed E-state index contributed by atoms with van der Waals surface area (Å²) in [6, 6.07) is -0.196. The summed E-state index contributed by atoms with van der Waals surface area (Å²) in [6.07, 6.45) is 1.98. The van der Waals surface area contributed by atoms with Crippen LogP contribution in [0.2, 0.25) is 0 Å². The Hall–Kier alpha value is -0.660. The quantitative estimate of drug-likeness (QED) is 0.800. The lowest BCUT2D eigenvalue weighted by Gasteiger charge is -2.37. The van der Waals surface area contributed by atoms with Gasteiger partial charge >= 0.3 is 5.97 Å². The molecule has 1 saturated heterocycles. The minimum Gasteiger partial charge on any atom is -0.480 e. The highest BCUT2D eigenvalue weighted by Gasteiger charge is 2.53. The summed E-state index contributed by atoms with van der Waals surface area (Å²) < 4.78 is 27.5. The molecule has 19 heavy (non-hydrogen) atoms. The summed E-state index contributed by atoms with van der Waals surface area (Å²) in [6.45, 7) is 5.71. The first-order chi connectivity index (χ1) is 8.70. The summed E-state index contributed by atoms with van der Waals surface area (Å²) in [5, 5.41) is 9.52. The summed E-state index contributed by atoms with van der Waals surface area (Å²) in [7, 11) is -2.23. The lowest BCUT2D eigenvalue weighted by Crippen LogP contribution is -2.57. The smallest absolute Gasteiger partial charge is 0.325 e. The Balaban J connectivity index is 3.20. The number of nitrogens with zero attached hydrogens (tertiary/aromatic N) is 2. The van der Waals surface area contributed by atoms with Crippen molar-refractivity contribution in [2.75, 3.05) is 13.6 Å². The molecule has 0 aliphatic carbocycles. The molecule has 1 atom stereocenters. The van der Waals surface area contributed by atoms with Crippen LogP contribution in [-0.4, -0.2) is 53.3 Å². The molecule has 1 heterocycles. The van der Waals surface area contributed by atoms with Crippen molar-refractivity contribution in [3.63, 3.8) is 0 Å². The van der Waals surface area contributed by atoms with E-state index in [0.29, 0.717) is 25.7 Å². The van der Waals surface area contributed by atoms with E-state index in [0.717, 1.165) is 0 Å². The van der Waals surface area contributed by atoms with Crippen molar-refractivity contribution < 1.29 is 18.3 Å². The summed E-state index contributed by atoms with van der Waals surface area (Å²) in [5.74, 6) is -1.03. The zero-order chi connectivity index (χ0) is 14.8. The standard InChI is InChI=1S/C12H24N2O4S/c1-5-7-12(11(15)16)8-6-9-14(12)19(17,18)13(4)10(2)3/h10H,5-9H2,1-4H3,(H,15,16). The normalized spacial score (nSPS) is 25.4. The van der Waals surface area contributed by atoms with E-state index in [9.17, 15) is 18.3 Å². The highest BCUT2D eigenvalue weighted by atomic mass is 32.2. The van der Waals surface area contributed by atoms with Crippen molar-refractivity contribution in [2.45, 2.75) is 58.0 Å². The average Bonchev–Trinajstić information content (AvgIpc) is 2.74. The van der Waals surface area contributed by atoms with Gasteiger partial charge in [0.1, 0.15) is 5.54 Å². The molecule has 0 spiro atoms. The van der Waals surface area contributed by atoms with Gasteiger partial charge in [-0.3, -0.25) is 4.79 Å². The highest BCUT2D eigenvalue weighted by Crippen LogP contribution is 2.37. The van der Waals surface area contributed by atoms with Gasteiger partial charge in [0, 0.05) is 19.6 Å². The highest BCUT2D eigenvalue weighted by molar-refractivity contribution is 7.86. The molecule has 0 radical (unpaired) electrons. The summed E-state index contributed by atoms with van der Waals surface area (Å²) >= 11 is 0. The number of aliphatic carboxylic acids is 1. The van der Waals surface area contributed by atoms with E-state index in [1.165, 1.54) is 15.7 Å². The fourth-order valence-electron chi connectivity index (χ4n) is 2.60. The van der Waals surface area contributed by atoms with E-state index in [4.69, 9.17) is 0 Å². The fraction of sp³-hybridized carbons (Fsp3) is 0.917. The van der Waals surface area contributed by atoms with Crippen molar-refractivity contribution in [2.24, 2.45) is 0 Å². The summed E-state index contributed by atoms with van der Waals surface area (Å²) in [5.41, 5.74) is -1.27. The van der Waals surface area contributed by atoms with E-state index in [-0.39, 0.29) is 12.6 Å². The van der Waals surface area contributed by atoms with Crippen LogP contribution in [0.5, 0.6) is 0 Å². The first-order valence-corrected chi connectivity index (χ1v) is 8.09. The molecule has 112 valence electrons. The van der Waals surface area contributed by atoms with Crippen LogP contribution < -0.4 is 0 Å². The van der Waals surface area contributed by atoms with E-state index in [1.54, 1.807) is 13.8 Å². The minimum absolute atomic E-state index is 0.196. The van der Waals surface area contributed by atoms with Crippen molar-refractivity contribution in [3.8, 4) is 0 Å². The van der Waals surface area contributed by atoms with Crippen molar-refractivity contribution in [3.05, 3.63) is 0 Å². The molecule has 1 aliphatic heterocycles. The van der Waals surface area contributed by atoms with Crippen LogP contribution in [0.4, 0.5) is 0 Å². The Kier molecular flexibility index (Phi) is 4.97. The Morgan fingerprint density at radius 3 is 2.47 bits per heavy atom. The van der Waals surface area contributed by atoms with Crippen LogP contribution in [0.3, 0.4) is 0 Å². The maximum atomic E-state index is 12.6. The molecule has 1 N–H and O–H groups in total. The van der Waals surface area contributed by atoms with Crippen LogP contribution >= 0.6 is 0 Å². The van der Waals surface area contributed by atoms with E-state index in [2.05, 4.69) is 0 Å². The van der Waals surface area contributed by atoms with Gasteiger partial charge < -0.3 is 5.11 Å². The first-order valence-electron chi connectivity index (χ1n) is 6.69. The molecule has 1 unspecified atom stereocenters. The number of carboxylic acid groups (broad SMARTS) is 1. The van der Waals surface area contributed by atoms with Gasteiger partial charge in [0.2, 0.25) is 0 Å². The van der Waals surface area contributed by atoms with E-state index >= 15 is 0 Å². The Morgan fingerprint density at radius 2 is 2.05 bits per heavy atom. The number of rotatable bonds is 6. The second kappa shape index (κ2) is 5.76. The molecule has 0 aromatic carbocycles. The van der Waals surface area contributed by atoms with Gasteiger partial charge in [-0.2, -0.15) is 17.0 Å². The van der Waals surface area contributed by atoms with Gasteiger partial charge in [0.05, 0.1) is 0 Å². The topological polar surface area (TPSA) is 77.9 Å². The largest absolute Gasteiger partial charge is 0.480 e. The Labute approximate surface area is 115 Å². The van der Waals surface area contributed by atoms with E-state index < -0.39 is 21.7 Å². The van der Waals surface area contributed by atoms with E-state index in [1.807, 2.05) is 6.92 Å². The second-order valence-corrected chi connectivity index (χ2v) is 7.29. The number of carboxylic acids is 1. The van der Waals surface area contributed by atoms with Crippen LogP contribution in [0, 0.1) is 0 Å². The third-order valence-electron chi connectivity index (χ3n) is 3.86. The molecule has 7 heteroatoms. The zero-order valence-electron chi connectivity index (χ0n) is 12.1. The van der Waals surface area contributed by atoms with Gasteiger partial charge in [-0.05, 0) is 33.1 Å². The minimum atomic E-state index is -3.73. The second-order valence-electron chi connectivity index (χ2n) is 5.38. The van der Waals surface area contributed by atoms with Crippen molar-refractivity contribution in [1.29, 1.82) is 0 Å². The van der Waals surface area contributed by atoms with Gasteiger partial charge in [-0.15, -0.1) is 0 Å². The first kappa shape index (κ1) is 16.4. The molecule has 0 amide bonds. The molecular formula is C12H24N2O4S. The van der Waals surface area contributed by atoms with Gasteiger partial charge in [-0.1, -0.05) is 13.3 Å². The number of hydrogen-bond donors (Lipinski definition) is 1. The lowest BCUT2D eigenvalue weighted by molar-refractivity contribution is -0.147. The zero-order valence-corrected chi connectivity index (χ0v) is 12.9. The van der Waals surface area contributed by atoms with Crippen LogP contribution in [-0.2, 0) is 15.0 Å². The molecule has 1 fully saturated rings. The maximum absolute atomic E-state index is 12.6. The summed E-state index contributed by atoms with van der Waals surface area (Å²) in [4.78, 5) is 11.6. The van der Waals surface area contributed by atoms with Crippen LogP contribution in [0.15, 0.2) is 0 Å². The molecule has 0 aromatic rings. The molecule has 0 aromatic heterocycles. The monoisotopic (exact) mass is 292 g/mol. The van der Waals surface area contributed by atoms with Gasteiger partial charge in [0.25, 0.3) is 10.2 Å². The molecule has 1 rings (SSSR count). The lowest BCUT2D eigenvalue weighted by atomic mass is 9.92. The third kappa shape index (κ3) is 2.78. The van der Waals surface area contributed by atoms with Crippen LogP contribution in [0.25, 0.3) is 0 Å². The third-order valence-corrected chi connectivity index (χ3v) is 6.10. The molecular weight excluding hydrogens is 268 g/mol. The predicted molar refractivity (Wildman–Crippen MR) is 73.0 cm³/mol. The van der Waals surface area contributed by atoms with Crippen molar-refractivity contribution >= 4 is 16.2 Å². The Morgan fingerprint density at radius 1 is 1.47 bits per heavy atom. The fourth-order valence-corrected chi connectivity index (χ4v) is 4.50. The molecule has 1 aliphatic rings. The predicted octanol–water partition coefficient (Wildman–Crippen LogP) is 1.29. The van der Waals surface area contributed by atoms with Crippen molar-refractivity contribution in [1.82, 2.24) is 8.61 Å². The van der Waals surface area contributed by atoms with Crippen LogP contribution in [0.1, 0.15) is 46.5 Å². The Bertz CT molecular complexity index is 435. The molecule has 6 nitrogen and oxygen atoms in total. The number of hydrogen-bond acceptors (Lipinski definition) is 3. The average molecular weight is 292 g/mol. The molecule has 0 bridgehead atoms. The number of carbonyl (C=O) groups is 1. The van der Waals surface area contributed by atoms with Gasteiger partial charge in [0.15, 0.2) is 0 Å². The van der Waals surface area contributed by atoms with Gasteiger partial charge in [-0.25, -0.2) is 0 Å². The molecule has 0 saturated carbocycles. The maximum Gasteiger partial charge on any atom is 0.325 e.